The van der Waals surface area contributed by atoms with E-state index in [-0.39, 0.29) is 11.8 Å². The van der Waals surface area contributed by atoms with Gasteiger partial charge in [-0.15, -0.1) is 0 Å². The number of pyridine rings is 1. The Morgan fingerprint density at radius 2 is 2.22 bits per heavy atom. The number of hydrogen-bond acceptors (Lipinski definition) is 3. The number of nitrogens with one attached hydrogen (secondary N) is 1. The van der Waals surface area contributed by atoms with Crippen molar-refractivity contribution in [1.29, 1.82) is 0 Å². The van der Waals surface area contributed by atoms with Crippen molar-refractivity contribution in [2.45, 2.75) is 27.2 Å². The number of nitrogens with two attached hydrogens (primary N) is 1. The van der Waals surface area contributed by atoms with Crippen LogP contribution in [0.3, 0.4) is 0 Å². The highest BCUT2D eigenvalue weighted by atomic mass is 35.5. The number of aromatic nitrogens is 1. The number of carbonyl (C=O) groups is 1. The van der Waals surface area contributed by atoms with Crippen LogP contribution in [0.2, 0.25) is 5.15 Å². The molecule has 0 spiro atoms. The van der Waals surface area contributed by atoms with Gasteiger partial charge in [-0.2, -0.15) is 0 Å². The van der Waals surface area contributed by atoms with E-state index in [1.165, 1.54) is 0 Å². The topological polar surface area (TPSA) is 68.0 Å². The van der Waals surface area contributed by atoms with Gasteiger partial charge in [-0.05, 0) is 30.9 Å². The third kappa shape index (κ3) is 4.27. The zero-order valence-electron chi connectivity index (χ0n) is 11.0. The Kier molecular flexibility index (Phi) is 5.56. The lowest BCUT2D eigenvalue weighted by atomic mass is 9.96. The molecule has 0 saturated carbocycles. The molecule has 1 amide bonds. The largest absolute Gasteiger partial charge is 0.330 e. The van der Waals surface area contributed by atoms with Crippen molar-refractivity contribution < 1.29 is 4.79 Å². The van der Waals surface area contributed by atoms with Gasteiger partial charge in [0.15, 0.2) is 0 Å². The fourth-order valence-electron chi connectivity index (χ4n) is 1.75. The van der Waals surface area contributed by atoms with Crippen LogP contribution in [0.25, 0.3) is 0 Å². The molecule has 0 aromatic carbocycles. The predicted octanol–water partition coefficient (Wildman–Crippen LogP) is 2.60. The zero-order valence-corrected chi connectivity index (χ0v) is 11.8. The minimum atomic E-state index is -0.166. The molecule has 0 aliphatic carbocycles. The molecule has 1 heterocycles. The number of aryl methyl sites for hydroxylation is 1. The van der Waals surface area contributed by atoms with Crippen LogP contribution in [0, 0.1) is 18.8 Å². The minimum Gasteiger partial charge on any atom is -0.330 e. The molecular weight excluding hydrogens is 250 g/mol. The van der Waals surface area contributed by atoms with E-state index >= 15 is 0 Å². The number of anilines is 1. The molecule has 3 N–H and O–H groups in total. The average Bonchev–Trinajstić information content (AvgIpc) is 2.30. The fourth-order valence-corrected chi connectivity index (χ4v) is 1.85. The van der Waals surface area contributed by atoms with Crippen LogP contribution in [0.1, 0.15) is 25.8 Å². The van der Waals surface area contributed by atoms with Gasteiger partial charge in [0.1, 0.15) is 5.15 Å². The van der Waals surface area contributed by atoms with Gasteiger partial charge in [0.25, 0.3) is 0 Å². The smallest absolute Gasteiger partial charge is 0.228 e. The third-order valence-corrected chi connectivity index (χ3v) is 3.09. The molecule has 0 saturated heterocycles. The van der Waals surface area contributed by atoms with E-state index in [0.717, 1.165) is 12.0 Å². The molecule has 1 rings (SSSR count). The van der Waals surface area contributed by atoms with E-state index in [2.05, 4.69) is 24.1 Å². The molecule has 1 unspecified atom stereocenters. The lowest BCUT2D eigenvalue weighted by Crippen LogP contribution is -2.30. The third-order valence-electron chi connectivity index (χ3n) is 2.69. The Bertz CT molecular complexity index is 421. The molecule has 1 atom stereocenters. The minimum absolute atomic E-state index is 0.0604. The van der Waals surface area contributed by atoms with Gasteiger partial charge < -0.3 is 11.1 Å². The summed E-state index contributed by atoms with van der Waals surface area (Å²) in [5.74, 6) is 0.213. The molecule has 18 heavy (non-hydrogen) atoms. The maximum atomic E-state index is 12.0. The van der Waals surface area contributed by atoms with Crippen LogP contribution in [0.4, 0.5) is 5.69 Å². The van der Waals surface area contributed by atoms with Crippen molar-refractivity contribution in [3.05, 3.63) is 23.0 Å². The van der Waals surface area contributed by atoms with Gasteiger partial charge in [-0.1, -0.05) is 25.4 Å². The highest BCUT2D eigenvalue weighted by molar-refractivity contribution is 6.30. The summed E-state index contributed by atoms with van der Waals surface area (Å²) in [7, 11) is 0. The van der Waals surface area contributed by atoms with E-state index in [1.54, 1.807) is 12.3 Å². The van der Waals surface area contributed by atoms with Crippen molar-refractivity contribution in [3.63, 3.8) is 0 Å². The van der Waals surface area contributed by atoms with E-state index in [1.807, 2.05) is 6.92 Å². The second-order valence-electron chi connectivity index (χ2n) is 4.88. The molecule has 0 radical (unpaired) electrons. The van der Waals surface area contributed by atoms with Crippen LogP contribution in [-0.4, -0.2) is 17.4 Å². The summed E-state index contributed by atoms with van der Waals surface area (Å²) in [6, 6.07) is 1.80. The second kappa shape index (κ2) is 6.71. The van der Waals surface area contributed by atoms with Crippen LogP contribution in [0.5, 0.6) is 0 Å². The molecule has 0 bridgehead atoms. The molecule has 5 heteroatoms. The Morgan fingerprint density at radius 1 is 1.56 bits per heavy atom. The standard InChI is InChI=1S/C13H20ClN3O/c1-8(2)4-10(6-15)13(18)17-11-5-9(3)12(14)16-7-11/h5,7-8,10H,4,6,15H2,1-3H3,(H,17,18). The maximum absolute atomic E-state index is 12.0. The van der Waals surface area contributed by atoms with E-state index < -0.39 is 0 Å². The summed E-state index contributed by atoms with van der Waals surface area (Å²) in [5, 5.41) is 3.28. The second-order valence-corrected chi connectivity index (χ2v) is 5.24. The first-order valence-electron chi connectivity index (χ1n) is 6.07. The summed E-state index contributed by atoms with van der Waals surface area (Å²) < 4.78 is 0. The molecule has 0 aliphatic heterocycles. The summed E-state index contributed by atoms with van der Waals surface area (Å²) in [6.07, 6.45) is 2.33. The van der Waals surface area contributed by atoms with Crippen LogP contribution < -0.4 is 11.1 Å². The van der Waals surface area contributed by atoms with E-state index in [4.69, 9.17) is 17.3 Å². The Morgan fingerprint density at radius 3 is 2.72 bits per heavy atom. The molecule has 1 aromatic rings. The SMILES string of the molecule is Cc1cc(NC(=O)C(CN)CC(C)C)cnc1Cl. The lowest BCUT2D eigenvalue weighted by molar-refractivity contribution is -0.120. The quantitative estimate of drug-likeness (QED) is 0.808. The van der Waals surface area contributed by atoms with Gasteiger partial charge in [0, 0.05) is 6.54 Å². The highest BCUT2D eigenvalue weighted by Gasteiger charge is 2.18. The van der Waals surface area contributed by atoms with Crippen molar-refractivity contribution in [1.82, 2.24) is 4.98 Å². The predicted molar refractivity (Wildman–Crippen MR) is 74.6 cm³/mol. The van der Waals surface area contributed by atoms with Crippen LogP contribution >= 0.6 is 11.6 Å². The van der Waals surface area contributed by atoms with Crippen molar-refractivity contribution >= 4 is 23.2 Å². The molecular formula is C13H20ClN3O. The Balaban J connectivity index is 2.70. The Labute approximate surface area is 113 Å². The lowest BCUT2D eigenvalue weighted by Gasteiger charge is -2.16. The molecule has 4 nitrogen and oxygen atoms in total. The number of carbonyl (C=O) groups excluding carboxylic acids is 1. The maximum Gasteiger partial charge on any atom is 0.228 e. The molecule has 1 aromatic heterocycles. The van der Waals surface area contributed by atoms with Crippen LogP contribution in [-0.2, 0) is 4.79 Å². The van der Waals surface area contributed by atoms with Gasteiger partial charge in [-0.3, -0.25) is 4.79 Å². The van der Waals surface area contributed by atoms with Gasteiger partial charge in [0.05, 0.1) is 17.8 Å². The number of rotatable bonds is 5. The van der Waals surface area contributed by atoms with Crippen molar-refractivity contribution in [2.75, 3.05) is 11.9 Å². The average molecular weight is 270 g/mol. The zero-order chi connectivity index (χ0) is 13.7. The first-order valence-corrected chi connectivity index (χ1v) is 6.45. The normalized spacial score (nSPS) is 12.6. The monoisotopic (exact) mass is 269 g/mol. The van der Waals surface area contributed by atoms with Crippen molar-refractivity contribution in [2.24, 2.45) is 17.6 Å². The molecule has 0 aliphatic rings. The van der Waals surface area contributed by atoms with Crippen LogP contribution in [0.15, 0.2) is 12.3 Å². The van der Waals surface area contributed by atoms with E-state index in [9.17, 15) is 4.79 Å². The first kappa shape index (κ1) is 14.9. The van der Waals surface area contributed by atoms with Gasteiger partial charge in [0.2, 0.25) is 5.91 Å². The Hall–Kier alpha value is -1.13. The summed E-state index contributed by atoms with van der Waals surface area (Å²) in [4.78, 5) is 16.0. The summed E-state index contributed by atoms with van der Waals surface area (Å²) in [6.45, 7) is 6.34. The number of hydrogen-bond donors (Lipinski definition) is 2. The summed E-state index contributed by atoms with van der Waals surface area (Å²) in [5.41, 5.74) is 7.12. The number of halogens is 1. The molecule has 100 valence electrons. The van der Waals surface area contributed by atoms with Crippen molar-refractivity contribution in [3.8, 4) is 0 Å². The van der Waals surface area contributed by atoms with Gasteiger partial charge >= 0.3 is 0 Å². The molecule has 0 fully saturated rings. The fraction of sp³-hybridized carbons (Fsp3) is 0.538. The first-order chi connectivity index (χ1) is 8.43. The number of amides is 1. The van der Waals surface area contributed by atoms with E-state index in [0.29, 0.717) is 23.3 Å². The highest BCUT2D eigenvalue weighted by Crippen LogP contribution is 2.18. The van der Waals surface area contributed by atoms with Gasteiger partial charge in [-0.25, -0.2) is 4.98 Å². The summed E-state index contributed by atoms with van der Waals surface area (Å²) >= 11 is 5.83. The number of nitrogens with zero attached hydrogens (tertiary/aromatic N) is 1.